The van der Waals surface area contributed by atoms with E-state index in [-0.39, 0.29) is 23.8 Å². The SMILES string of the molecule is Cc1ccnc(NC(=O)C2CCN(C(C)C(=O)Nc3ccc(Cl)cc3)CC2)c1. The van der Waals surface area contributed by atoms with Crippen molar-refractivity contribution in [2.75, 3.05) is 23.7 Å². The molecule has 1 aliphatic heterocycles. The van der Waals surface area contributed by atoms with Crippen molar-refractivity contribution in [1.82, 2.24) is 9.88 Å². The van der Waals surface area contributed by atoms with E-state index in [0.29, 0.717) is 23.9 Å². The second-order valence-electron chi connectivity index (χ2n) is 7.19. The Balaban J connectivity index is 1.49. The zero-order chi connectivity index (χ0) is 20.1. The molecule has 2 N–H and O–H groups in total. The molecule has 0 aliphatic carbocycles. The fourth-order valence-corrected chi connectivity index (χ4v) is 3.45. The van der Waals surface area contributed by atoms with Crippen LogP contribution in [0.2, 0.25) is 5.02 Å². The molecule has 0 bridgehead atoms. The number of nitrogens with one attached hydrogen (secondary N) is 2. The van der Waals surface area contributed by atoms with Crippen molar-refractivity contribution in [2.24, 2.45) is 5.92 Å². The van der Waals surface area contributed by atoms with Gasteiger partial charge in [-0.3, -0.25) is 14.5 Å². The zero-order valence-corrected chi connectivity index (χ0v) is 16.9. The molecule has 7 heteroatoms. The van der Waals surface area contributed by atoms with Crippen LogP contribution in [0.25, 0.3) is 0 Å². The molecule has 1 aromatic heterocycles. The molecular formula is C21H25ClN4O2. The summed E-state index contributed by atoms with van der Waals surface area (Å²) in [4.78, 5) is 31.3. The number of hydrogen-bond donors (Lipinski definition) is 2. The molecule has 1 saturated heterocycles. The molecule has 1 atom stereocenters. The lowest BCUT2D eigenvalue weighted by Crippen LogP contribution is -2.47. The van der Waals surface area contributed by atoms with Gasteiger partial charge in [0.05, 0.1) is 6.04 Å². The Labute approximate surface area is 170 Å². The highest BCUT2D eigenvalue weighted by Gasteiger charge is 2.30. The van der Waals surface area contributed by atoms with Crippen LogP contribution in [0.3, 0.4) is 0 Å². The molecule has 6 nitrogen and oxygen atoms in total. The van der Waals surface area contributed by atoms with Crippen LogP contribution in [0.5, 0.6) is 0 Å². The van der Waals surface area contributed by atoms with Crippen LogP contribution in [0.4, 0.5) is 11.5 Å². The molecular weight excluding hydrogens is 376 g/mol. The molecule has 2 aromatic rings. The second-order valence-corrected chi connectivity index (χ2v) is 7.63. The van der Waals surface area contributed by atoms with Gasteiger partial charge in [0.25, 0.3) is 0 Å². The summed E-state index contributed by atoms with van der Waals surface area (Å²) in [7, 11) is 0. The summed E-state index contributed by atoms with van der Waals surface area (Å²) in [5.41, 5.74) is 1.78. The number of aryl methyl sites for hydroxylation is 1. The average Bonchev–Trinajstić information content (AvgIpc) is 2.69. The van der Waals surface area contributed by atoms with Gasteiger partial charge in [0.1, 0.15) is 5.82 Å². The second kappa shape index (κ2) is 9.17. The van der Waals surface area contributed by atoms with Crippen molar-refractivity contribution in [3.63, 3.8) is 0 Å². The third kappa shape index (κ3) is 5.30. The lowest BCUT2D eigenvalue weighted by atomic mass is 9.95. The Morgan fingerprint density at radius 1 is 1.14 bits per heavy atom. The molecule has 1 unspecified atom stereocenters. The van der Waals surface area contributed by atoms with Crippen LogP contribution < -0.4 is 10.6 Å². The number of pyridine rings is 1. The van der Waals surface area contributed by atoms with Crippen molar-refractivity contribution >= 4 is 34.9 Å². The highest BCUT2D eigenvalue weighted by atomic mass is 35.5. The van der Waals surface area contributed by atoms with Gasteiger partial charge in [-0.25, -0.2) is 4.98 Å². The zero-order valence-electron chi connectivity index (χ0n) is 16.1. The molecule has 148 valence electrons. The Hall–Kier alpha value is -2.44. The molecule has 0 spiro atoms. The topological polar surface area (TPSA) is 74.3 Å². The minimum absolute atomic E-state index is 0.00369. The summed E-state index contributed by atoms with van der Waals surface area (Å²) in [5, 5.41) is 6.44. The first kappa shape index (κ1) is 20.3. The van der Waals surface area contributed by atoms with Crippen molar-refractivity contribution < 1.29 is 9.59 Å². The van der Waals surface area contributed by atoms with Gasteiger partial charge in [-0.2, -0.15) is 0 Å². The van der Waals surface area contributed by atoms with Crippen LogP contribution in [0, 0.1) is 12.8 Å². The quantitative estimate of drug-likeness (QED) is 0.802. The number of halogens is 1. The van der Waals surface area contributed by atoms with E-state index in [1.54, 1.807) is 30.5 Å². The number of benzene rings is 1. The highest BCUT2D eigenvalue weighted by Crippen LogP contribution is 2.22. The van der Waals surface area contributed by atoms with Crippen LogP contribution in [0.15, 0.2) is 42.6 Å². The molecule has 0 saturated carbocycles. The largest absolute Gasteiger partial charge is 0.325 e. The fraction of sp³-hybridized carbons (Fsp3) is 0.381. The first-order valence-corrected chi connectivity index (χ1v) is 9.84. The van der Waals surface area contributed by atoms with Gasteiger partial charge in [-0.1, -0.05) is 11.6 Å². The van der Waals surface area contributed by atoms with Gasteiger partial charge in [0.2, 0.25) is 11.8 Å². The monoisotopic (exact) mass is 400 g/mol. The molecule has 0 radical (unpaired) electrons. The van der Waals surface area contributed by atoms with Crippen LogP contribution in [0.1, 0.15) is 25.3 Å². The Morgan fingerprint density at radius 2 is 1.82 bits per heavy atom. The van der Waals surface area contributed by atoms with Crippen LogP contribution >= 0.6 is 11.6 Å². The first-order chi connectivity index (χ1) is 13.4. The number of aromatic nitrogens is 1. The number of anilines is 2. The normalized spacial score (nSPS) is 16.4. The first-order valence-electron chi connectivity index (χ1n) is 9.46. The van der Waals surface area contributed by atoms with E-state index in [2.05, 4.69) is 20.5 Å². The van der Waals surface area contributed by atoms with Gasteiger partial charge in [0, 0.05) is 22.8 Å². The van der Waals surface area contributed by atoms with E-state index in [4.69, 9.17) is 11.6 Å². The summed E-state index contributed by atoms with van der Waals surface area (Å²) < 4.78 is 0. The predicted molar refractivity (Wildman–Crippen MR) is 111 cm³/mol. The molecule has 2 heterocycles. The molecule has 1 aromatic carbocycles. The van der Waals surface area contributed by atoms with Gasteiger partial charge in [-0.05, 0) is 81.7 Å². The Morgan fingerprint density at radius 3 is 2.46 bits per heavy atom. The molecule has 2 amide bonds. The van der Waals surface area contributed by atoms with Gasteiger partial charge in [-0.15, -0.1) is 0 Å². The molecule has 1 aliphatic rings. The van der Waals surface area contributed by atoms with Crippen LogP contribution in [-0.2, 0) is 9.59 Å². The lowest BCUT2D eigenvalue weighted by Gasteiger charge is -2.34. The third-order valence-corrected chi connectivity index (χ3v) is 5.36. The standard InChI is InChI=1S/C21H25ClN4O2/c1-14-7-10-23-19(13-14)25-21(28)16-8-11-26(12-9-16)15(2)20(27)24-18-5-3-17(22)4-6-18/h3-7,10,13,15-16H,8-9,11-12H2,1-2H3,(H,24,27)(H,23,25,28). The summed E-state index contributed by atoms with van der Waals surface area (Å²) in [6.07, 6.45) is 3.13. The maximum Gasteiger partial charge on any atom is 0.241 e. The predicted octanol–water partition coefficient (Wildman–Crippen LogP) is 3.72. The van der Waals surface area contributed by atoms with Crippen LogP contribution in [-0.4, -0.2) is 40.8 Å². The minimum atomic E-state index is -0.266. The number of hydrogen-bond acceptors (Lipinski definition) is 4. The van der Waals surface area contributed by atoms with Crippen molar-refractivity contribution in [2.45, 2.75) is 32.7 Å². The summed E-state index contributed by atoms with van der Waals surface area (Å²) in [6, 6.07) is 10.5. The minimum Gasteiger partial charge on any atom is -0.325 e. The summed E-state index contributed by atoms with van der Waals surface area (Å²) >= 11 is 5.87. The highest BCUT2D eigenvalue weighted by molar-refractivity contribution is 6.30. The maximum absolute atomic E-state index is 12.5. The number of likely N-dealkylation sites (tertiary alicyclic amines) is 1. The maximum atomic E-state index is 12.5. The van der Waals surface area contributed by atoms with Crippen molar-refractivity contribution in [1.29, 1.82) is 0 Å². The number of amides is 2. The third-order valence-electron chi connectivity index (χ3n) is 5.11. The smallest absolute Gasteiger partial charge is 0.241 e. The van der Waals surface area contributed by atoms with E-state index in [1.165, 1.54) is 0 Å². The fourth-order valence-electron chi connectivity index (χ4n) is 3.33. The Bertz CT molecular complexity index is 833. The van der Waals surface area contributed by atoms with E-state index in [0.717, 1.165) is 24.1 Å². The lowest BCUT2D eigenvalue weighted by molar-refractivity contribution is -0.123. The molecule has 28 heavy (non-hydrogen) atoms. The van der Waals surface area contributed by atoms with Crippen molar-refractivity contribution in [3.05, 3.63) is 53.2 Å². The number of carbonyl (C=O) groups is 2. The molecule has 1 fully saturated rings. The van der Waals surface area contributed by atoms with E-state index in [1.807, 2.05) is 26.0 Å². The van der Waals surface area contributed by atoms with E-state index >= 15 is 0 Å². The average molecular weight is 401 g/mol. The van der Waals surface area contributed by atoms with Gasteiger partial charge < -0.3 is 10.6 Å². The van der Waals surface area contributed by atoms with Gasteiger partial charge in [0.15, 0.2) is 0 Å². The summed E-state index contributed by atoms with van der Waals surface area (Å²) in [6.45, 7) is 5.26. The number of nitrogens with zero attached hydrogens (tertiary/aromatic N) is 2. The molecule has 3 rings (SSSR count). The number of rotatable bonds is 5. The summed E-state index contributed by atoms with van der Waals surface area (Å²) in [5.74, 6) is 0.457. The number of piperidine rings is 1. The number of carbonyl (C=O) groups excluding carboxylic acids is 2. The van der Waals surface area contributed by atoms with Gasteiger partial charge >= 0.3 is 0 Å². The van der Waals surface area contributed by atoms with Crippen molar-refractivity contribution in [3.8, 4) is 0 Å². The van der Waals surface area contributed by atoms with E-state index < -0.39 is 0 Å². The van der Waals surface area contributed by atoms with E-state index in [9.17, 15) is 9.59 Å². The Kier molecular flexibility index (Phi) is 6.65.